The third-order valence-corrected chi connectivity index (χ3v) is 2.53. The van der Waals surface area contributed by atoms with Crippen LogP contribution in [0.2, 0.25) is 0 Å². The van der Waals surface area contributed by atoms with E-state index in [0.29, 0.717) is 18.6 Å². The lowest BCUT2D eigenvalue weighted by Crippen LogP contribution is -2.21. The molecule has 19 heavy (non-hydrogen) atoms. The number of aliphatic hydroxyl groups excluding tert-OH is 1. The fourth-order valence-electron chi connectivity index (χ4n) is 1.58. The van der Waals surface area contributed by atoms with Crippen LogP contribution in [-0.4, -0.2) is 29.9 Å². The average Bonchev–Trinajstić information content (AvgIpc) is 2.35. The van der Waals surface area contributed by atoms with Crippen molar-refractivity contribution in [1.82, 2.24) is 0 Å². The lowest BCUT2D eigenvalue weighted by Gasteiger charge is -2.15. The van der Waals surface area contributed by atoms with E-state index < -0.39 is 6.10 Å². The molecule has 0 aliphatic rings. The molecule has 1 rings (SSSR count). The van der Waals surface area contributed by atoms with Crippen LogP contribution in [0.5, 0.6) is 5.75 Å². The molecule has 1 aromatic rings. The molecule has 0 radical (unpaired) electrons. The molecule has 1 aromatic carbocycles. The Hall–Kier alpha value is -1.62. The number of ether oxygens (including phenoxy) is 2. The highest BCUT2D eigenvalue weighted by Gasteiger charge is 2.10. The van der Waals surface area contributed by atoms with Gasteiger partial charge in [-0.25, -0.2) is 4.39 Å². The zero-order valence-corrected chi connectivity index (χ0v) is 11.1. The Balaban J connectivity index is 2.22. The lowest BCUT2D eigenvalue weighted by molar-refractivity contribution is -0.146. The van der Waals surface area contributed by atoms with Gasteiger partial charge < -0.3 is 14.6 Å². The molecule has 0 aliphatic carbocycles. The number of carbonyl (C=O) groups excluding carboxylic acids is 1. The highest BCUT2D eigenvalue weighted by Crippen LogP contribution is 2.12. The average molecular weight is 270 g/mol. The minimum atomic E-state index is -0.650. The molecule has 0 saturated heterocycles. The van der Waals surface area contributed by atoms with Gasteiger partial charge in [0.2, 0.25) is 0 Å². The van der Waals surface area contributed by atoms with Gasteiger partial charge in [-0.2, -0.15) is 0 Å². The van der Waals surface area contributed by atoms with Gasteiger partial charge in [0.15, 0.2) is 0 Å². The van der Waals surface area contributed by atoms with E-state index in [1.165, 1.54) is 31.2 Å². The minimum Gasteiger partial charge on any atom is -0.491 e. The molecular formula is C14H19FO4. The molecule has 0 aromatic heterocycles. The normalized spacial score (nSPS) is 13.7. The van der Waals surface area contributed by atoms with E-state index in [4.69, 9.17) is 9.47 Å². The van der Waals surface area contributed by atoms with Crippen molar-refractivity contribution in [3.63, 3.8) is 0 Å². The molecule has 0 saturated carbocycles. The van der Waals surface area contributed by atoms with Gasteiger partial charge in [0.25, 0.3) is 0 Å². The van der Waals surface area contributed by atoms with E-state index in [9.17, 15) is 14.3 Å². The second kappa shape index (κ2) is 7.74. The van der Waals surface area contributed by atoms with Crippen LogP contribution in [0, 0.1) is 5.82 Å². The van der Waals surface area contributed by atoms with Gasteiger partial charge in [0, 0.05) is 6.92 Å². The van der Waals surface area contributed by atoms with E-state index in [0.717, 1.165) is 0 Å². The van der Waals surface area contributed by atoms with Crippen LogP contribution in [0.3, 0.4) is 0 Å². The summed E-state index contributed by atoms with van der Waals surface area (Å²) in [7, 11) is 0. The highest BCUT2D eigenvalue weighted by molar-refractivity contribution is 5.66. The summed E-state index contributed by atoms with van der Waals surface area (Å²) in [5.74, 6) is -0.152. The summed E-state index contributed by atoms with van der Waals surface area (Å²) in [5.41, 5.74) is 0. The molecule has 0 amide bonds. The Labute approximate surface area is 112 Å². The molecule has 5 heteroatoms. The largest absolute Gasteiger partial charge is 0.491 e. The zero-order chi connectivity index (χ0) is 14.3. The number of esters is 1. The summed E-state index contributed by atoms with van der Waals surface area (Å²) in [5, 5.41) is 9.71. The van der Waals surface area contributed by atoms with E-state index in [2.05, 4.69) is 0 Å². The Morgan fingerprint density at radius 3 is 2.53 bits per heavy atom. The standard InChI is InChI=1S/C14H19FO4/c1-10(19-11(2)16)3-6-13(17)9-18-14-7-4-12(15)5-8-14/h4-5,7-8,10,13,17H,3,6,9H2,1-2H3. The van der Waals surface area contributed by atoms with Crippen molar-refractivity contribution in [3.8, 4) is 5.75 Å². The van der Waals surface area contributed by atoms with E-state index >= 15 is 0 Å². The van der Waals surface area contributed by atoms with Crippen LogP contribution in [0.25, 0.3) is 0 Å². The number of carbonyl (C=O) groups is 1. The van der Waals surface area contributed by atoms with E-state index in [-0.39, 0.29) is 24.5 Å². The summed E-state index contributed by atoms with van der Waals surface area (Å²) < 4.78 is 22.9. The zero-order valence-electron chi connectivity index (χ0n) is 11.1. The van der Waals surface area contributed by atoms with Crippen molar-refractivity contribution in [3.05, 3.63) is 30.1 Å². The maximum absolute atomic E-state index is 12.7. The van der Waals surface area contributed by atoms with Crippen molar-refractivity contribution < 1.29 is 23.8 Å². The van der Waals surface area contributed by atoms with E-state index in [1.54, 1.807) is 6.92 Å². The van der Waals surface area contributed by atoms with Crippen molar-refractivity contribution in [1.29, 1.82) is 0 Å². The van der Waals surface area contributed by atoms with Gasteiger partial charge in [-0.1, -0.05) is 0 Å². The summed E-state index contributed by atoms with van der Waals surface area (Å²) in [6.07, 6.45) is 0.157. The van der Waals surface area contributed by atoms with Gasteiger partial charge in [-0.15, -0.1) is 0 Å². The van der Waals surface area contributed by atoms with Gasteiger partial charge in [-0.3, -0.25) is 4.79 Å². The predicted molar refractivity (Wildman–Crippen MR) is 68.4 cm³/mol. The van der Waals surface area contributed by atoms with Crippen molar-refractivity contribution in [2.45, 2.75) is 38.9 Å². The van der Waals surface area contributed by atoms with Crippen molar-refractivity contribution >= 4 is 5.97 Å². The molecule has 0 bridgehead atoms. The summed E-state index contributed by atoms with van der Waals surface area (Å²) in [6, 6.07) is 5.60. The fourth-order valence-corrected chi connectivity index (χ4v) is 1.58. The molecule has 106 valence electrons. The number of benzene rings is 1. The molecule has 2 unspecified atom stereocenters. The number of halogens is 1. The van der Waals surface area contributed by atoms with Crippen LogP contribution in [0.15, 0.2) is 24.3 Å². The van der Waals surface area contributed by atoms with Crippen molar-refractivity contribution in [2.24, 2.45) is 0 Å². The van der Waals surface area contributed by atoms with Crippen LogP contribution in [0.4, 0.5) is 4.39 Å². The van der Waals surface area contributed by atoms with Crippen LogP contribution < -0.4 is 4.74 Å². The number of hydrogen-bond acceptors (Lipinski definition) is 4. The maximum atomic E-state index is 12.7. The highest BCUT2D eigenvalue weighted by atomic mass is 19.1. The van der Waals surface area contributed by atoms with Gasteiger partial charge in [0.1, 0.15) is 18.2 Å². The summed E-state index contributed by atoms with van der Waals surface area (Å²) in [6.45, 7) is 3.25. The number of aliphatic hydroxyl groups is 1. The summed E-state index contributed by atoms with van der Waals surface area (Å²) >= 11 is 0. The van der Waals surface area contributed by atoms with Crippen molar-refractivity contribution in [2.75, 3.05) is 6.61 Å². The Morgan fingerprint density at radius 2 is 1.95 bits per heavy atom. The molecule has 0 spiro atoms. The van der Waals surface area contributed by atoms with Crippen LogP contribution in [0.1, 0.15) is 26.7 Å². The first kappa shape index (κ1) is 15.4. The number of rotatable bonds is 7. The topological polar surface area (TPSA) is 55.8 Å². The van der Waals surface area contributed by atoms with Crippen LogP contribution in [-0.2, 0) is 9.53 Å². The fraction of sp³-hybridized carbons (Fsp3) is 0.500. The monoisotopic (exact) mass is 270 g/mol. The first-order valence-electron chi connectivity index (χ1n) is 6.21. The molecule has 0 aliphatic heterocycles. The smallest absolute Gasteiger partial charge is 0.302 e. The molecule has 2 atom stereocenters. The van der Waals surface area contributed by atoms with Crippen LogP contribution >= 0.6 is 0 Å². The second-order valence-corrected chi connectivity index (χ2v) is 4.42. The third-order valence-electron chi connectivity index (χ3n) is 2.53. The SMILES string of the molecule is CC(=O)OC(C)CCC(O)COc1ccc(F)cc1. The quantitative estimate of drug-likeness (QED) is 0.772. The maximum Gasteiger partial charge on any atom is 0.302 e. The van der Waals surface area contributed by atoms with Gasteiger partial charge in [-0.05, 0) is 44.0 Å². The molecular weight excluding hydrogens is 251 g/mol. The molecule has 0 fully saturated rings. The first-order chi connectivity index (χ1) is 8.97. The minimum absolute atomic E-state index is 0.123. The first-order valence-corrected chi connectivity index (χ1v) is 6.21. The Kier molecular flexibility index (Phi) is 6.29. The lowest BCUT2D eigenvalue weighted by atomic mass is 10.1. The second-order valence-electron chi connectivity index (χ2n) is 4.42. The van der Waals surface area contributed by atoms with Gasteiger partial charge >= 0.3 is 5.97 Å². The molecule has 0 heterocycles. The van der Waals surface area contributed by atoms with Gasteiger partial charge in [0.05, 0.1) is 12.2 Å². The number of hydrogen-bond donors (Lipinski definition) is 1. The predicted octanol–water partition coefficient (Wildman–Crippen LogP) is 2.30. The summed E-state index contributed by atoms with van der Waals surface area (Å²) in [4.78, 5) is 10.7. The van der Waals surface area contributed by atoms with E-state index in [1.807, 2.05) is 0 Å². The Morgan fingerprint density at radius 1 is 1.32 bits per heavy atom. The molecule has 1 N–H and O–H groups in total. The third kappa shape index (κ3) is 6.76. The Bertz CT molecular complexity index is 391. The molecule has 4 nitrogen and oxygen atoms in total.